The van der Waals surface area contributed by atoms with Gasteiger partial charge in [-0.3, -0.25) is 0 Å². The van der Waals surface area contributed by atoms with E-state index in [1.807, 2.05) is 55.5 Å². The monoisotopic (exact) mass is 585 g/mol. The summed E-state index contributed by atoms with van der Waals surface area (Å²) >= 11 is 7.02. The van der Waals surface area contributed by atoms with Crippen LogP contribution >= 0.6 is 31.9 Å². The molecule has 0 spiro atoms. The minimum absolute atomic E-state index is 0.199. The van der Waals surface area contributed by atoms with Gasteiger partial charge in [0.2, 0.25) is 0 Å². The van der Waals surface area contributed by atoms with E-state index in [0.717, 1.165) is 31.6 Å². The third-order valence-corrected chi connectivity index (χ3v) is 6.57. The molecule has 4 rings (SSSR count). The number of rotatable bonds is 7. The maximum atomic E-state index is 13.7. The summed E-state index contributed by atoms with van der Waals surface area (Å²) < 4.78 is 28.8. The van der Waals surface area contributed by atoms with Crippen molar-refractivity contribution in [2.24, 2.45) is 0 Å². The van der Waals surface area contributed by atoms with Gasteiger partial charge >= 0.3 is 5.97 Å². The fourth-order valence-corrected chi connectivity index (χ4v) is 4.44. The van der Waals surface area contributed by atoms with E-state index in [1.165, 1.54) is 12.1 Å². The smallest absolute Gasteiger partial charge is 0.338 e. The molecule has 34 heavy (non-hydrogen) atoms. The molecule has 174 valence electrons. The Labute approximate surface area is 214 Å². The highest BCUT2D eigenvalue weighted by Crippen LogP contribution is 2.36. The second-order valence-electron chi connectivity index (χ2n) is 7.63. The summed E-state index contributed by atoms with van der Waals surface area (Å²) in [6.45, 7) is 4.30. The molecule has 0 radical (unpaired) electrons. The van der Waals surface area contributed by atoms with Crippen LogP contribution in [0.3, 0.4) is 0 Å². The molecule has 0 bridgehead atoms. The molecule has 0 amide bonds. The molecule has 0 aliphatic rings. The predicted molar refractivity (Wildman–Crippen MR) is 138 cm³/mol. The van der Waals surface area contributed by atoms with E-state index >= 15 is 0 Å². The molecule has 4 nitrogen and oxygen atoms in total. The molecule has 1 aromatic heterocycles. The Morgan fingerprint density at radius 3 is 2.62 bits per heavy atom. The Kier molecular flexibility index (Phi) is 7.54. The molecular formula is C27H22Br2FNO3. The lowest BCUT2D eigenvalue weighted by atomic mass is 10.1. The number of aryl methyl sites for hydroxylation is 1. The van der Waals surface area contributed by atoms with Gasteiger partial charge in [0.25, 0.3) is 0 Å². The van der Waals surface area contributed by atoms with Crippen molar-refractivity contribution in [3.8, 4) is 22.7 Å². The van der Waals surface area contributed by atoms with Gasteiger partial charge in [-0.15, -0.1) is 0 Å². The number of ether oxygens (including phenoxy) is 2. The van der Waals surface area contributed by atoms with Gasteiger partial charge in [0.1, 0.15) is 18.2 Å². The molecule has 0 atom stereocenters. The summed E-state index contributed by atoms with van der Waals surface area (Å²) in [5.41, 5.74) is 4.78. The lowest BCUT2D eigenvalue weighted by molar-refractivity contribution is 0.0526. The number of carbonyl (C=O) groups is 1. The molecule has 4 aromatic rings. The molecule has 1 heterocycles. The lowest BCUT2D eigenvalue weighted by Gasteiger charge is -2.17. The zero-order valence-corrected chi connectivity index (χ0v) is 21.8. The van der Waals surface area contributed by atoms with Crippen LogP contribution < -0.4 is 4.74 Å². The van der Waals surface area contributed by atoms with Crippen molar-refractivity contribution in [2.75, 3.05) is 6.61 Å². The minimum Gasteiger partial charge on any atom is -0.488 e. The first-order valence-electron chi connectivity index (χ1n) is 10.7. The number of hydrogen-bond donors (Lipinski definition) is 0. The van der Waals surface area contributed by atoms with E-state index in [0.29, 0.717) is 23.5 Å². The molecule has 0 fully saturated rings. The molecule has 0 saturated carbocycles. The van der Waals surface area contributed by atoms with Crippen LogP contribution in [0.1, 0.15) is 28.5 Å². The molecule has 3 aromatic carbocycles. The van der Waals surface area contributed by atoms with Gasteiger partial charge in [0.15, 0.2) is 0 Å². The van der Waals surface area contributed by atoms with Crippen LogP contribution in [0.5, 0.6) is 5.75 Å². The van der Waals surface area contributed by atoms with Crippen molar-refractivity contribution >= 4 is 37.8 Å². The maximum Gasteiger partial charge on any atom is 0.338 e. The van der Waals surface area contributed by atoms with E-state index in [4.69, 9.17) is 9.47 Å². The third kappa shape index (κ3) is 5.26. The number of carbonyl (C=O) groups excluding carboxylic acids is 1. The normalized spacial score (nSPS) is 10.9. The predicted octanol–water partition coefficient (Wildman–Crippen LogP) is 7.87. The summed E-state index contributed by atoms with van der Waals surface area (Å²) in [6, 6.07) is 21.7. The Bertz CT molecular complexity index is 1350. The zero-order valence-electron chi connectivity index (χ0n) is 18.6. The molecule has 0 N–H and O–H groups in total. The SMILES string of the molecule is CCOC(=O)c1cccc(-n2c(C)ccc2-c2cc(Br)ccc2OCc2cc(F)ccc2Br)c1. The van der Waals surface area contributed by atoms with Crippen LogP contribution in [0.15, 0.2) is 81.7 Å². The summed E-state index contributed by atoms with van der Waals surface area (Å²) in [5.74, 6) is -0.0214. The van der Waals surface area contributed by atoms with Crippen molar-refractivity contribution in [3.05, 3.63) is 104 Å². The Hall–Kier alpha value is -2.90. The van der Waals surface area contributed by atoms with Gasteiger partial charge < -0.3 is 14.0 Å². The molecule has 7 heteroatoms. The number of aromatic nitrogens is 1. The van der Waals surface area contributed by atoms with E-state index in [9.17, 15) is 9.18 Å². The lowest BCUT2D eigenvalue weighted by Crippen LogP contribution is -2.07. The quantitative estimate of drug-likeness (QED) is 0.207. The molecule has 0 unspecified atom stereocenters. The fraction of sp³-hybridized carbons (Fsp3) is 0.148. The van der Waals surface area contributed by atoms with Crippen molar-refractivity contribution in [3.63, 3.8) is 0 Å². The van der Waals surface area contributed by atoms with Crippen molar-refractivity contribution < 1.29 is 18.7 Å². The topological polar surface area (TPSA) is 40.5 Å². The van der Waals surface area contributed by atoms with Gasteiger partial charge in [-0.05, 0) is 80.6 Å². The van der Waals surface area contributed by atoms with E-state index in [2.05, 4.69) is 36.4 Å². The number of halogens is 3. The fourth-order valence-electron chi connectivity index (χ4n) is 3.72. The number of esters is 1. The summed E-state index contributed by atoms with van der Waals surface area (Å²) in [5, 5.41) is 0. The van der Waals surface area contributed by atoms with Crippen LogP contribution in [-0.4, -0.2) is 17.1 Å². The van der Waals surface area contributed by atoms with E-state index < -0.39 is 0 Å². The number of hydrogen-bond acceptors (Lipinski definition) is 3. The van der Waals surface area contributed by atoms with E-state index in [-0.39, 0.29) is 18.4 Å². The average molecular weight is 587 g/mol. The Balaban J connectivity index is 1.74. The Morgan fingerprint density at radius 1 is 1.00 bits per heavy atom. The molecule has 0 aliphatic heterocycles. The largest absolute Gasteiger partial charge is 0.488 e. The summed E-state index contributed by atoms with van der Waals surface area (Å²) in [7, 11) is 0. The first-order valence-corrected chi connectivity index (χ1v) is 12.3. The van der Waals surface area contributed by atoms with Gasteiger partial charge in [-0.25, -0.2) is 9.18 Å². The average Bonchev–Trinajstić information content (AvgIpc) is 3.21. The standard InChI is InChI=1S/C27H22Br2FNO3/c1-3-33-27(32)18-5-4-6-22(14-18)31-17(2)7-11-25(31)23-15-20(28)8-12-26(23)34-16-19-13-21(30)9-10-24(19)29/h4-15H,3,16H2,1-2H3. The minimum atomic E-state index is -0.358. The van der Waals surface area contributed by atoms with Gasteiger partial charge in [0, 0.05) is 31.5 Å². The third-order valence-electron chi connectivity index (χ3n) is 5.30. The van der Waals surface area contributed by atoms with Crippen LogP contribution in [0, 0.1) is 12.7 Å². The van der Waals surface area contributed by atoms with Crippen LogP contribution in [0.4, 0.5) is 4.39 Å². The Morgan fingerprint density at radius 2 is 1.82 bits per heavy atom. The van der Waals surface area contributed by atoms with Crippen molar-refractivity contribution in [2.45, 2.75) is 20.5 Å². The van der Waals surface area contributed by atoms with Crippen LogP contribution in [0.2, 0.25) is 0 Å². The summed E-state index contributed by atoms with van der Waals surface area (Å²) in [6.07, 6.45) is 0. The van der Waals surface area contributed by atoms with Crippen LogP contribution in [-0.2, 0) is 11.3 Å². The second-order valence-corrected chi connectivity index (χ2v) is 9.40. The highest BCUT2D eigenvalue weighted by Gasteiger charge is 2.17. The molecular weight excluding hydrogens is 565 g/mol. The van der Waals surface area contributed by atoms with Gasteiger partial charge in [0.05, 0.1) is 17.9 Å². The first kappa shape index (κ1) is 24.2. The highest BCUT2D eigenvalue weighted by atomic mass is 79.9. The molecule has 0 aliphatic carbocycles. The van der Waals surface area contributed by atoms with E-state index in [1.54, 1.807) is 19.1 Å². The van der Waals surface area contributed by atoms with Gasteiger partial charge in [-0.1, -0.05) is 37.9 Å². The maximum absolute atomic E-state index is 13.7. The second kappa shape index (κ2) is 10.6. The number of benzene rings is 3. The van der Waals surface area contributed by atoms with Crippen LogP contribution in [0.25, 0.3) is 16.9 Å². The zero-order chi connectivity index (χ0) is 24.2. The highest BCUT2D eigenvalue weighted by molar-refractivity contribution is 9.10. The number of nitrogens with zero attached hydrogens (tertiary/aromatic N) is 1. The first-order chi connectivity index (χ1) is 16.4. The van der Waals surface area contributed by atoms with Crippen molar-refractivity contribution in [1.29, 1.82) is 0 Å². The van der Waals surface area contributed by atoms with Gasteiger partial charge in [-0.2, -0.15) is 0 Å². The summed E-state index contributed by atoms with van der Waals surface area (Å²) in [4.78, 5) is 12.3. The molecule has 0 saturated heterocycles. The van der Waals surface area contributed by atoms with Crippen molar-refractivity contribution in [1.82, 2.24) is 4.57 Å².